The first-order valence-electron chi connectivity index (χ1n) is 41.8. The third kappa shape index (κ3) is 12.4. The average molecular weight is 1590 g/mol. The Hall–Kier alpha value is -13.5. The average Bonchev–Trinajstić information content (AvgIpc) is 0.812. The minimum atomic E-state index is -3.03. The number of aryl methyl sites for hydroxylation is 6. The molecule has 18 aromatic carbocycles. The quantitative estimate of drug-likeness (QED) is 0.0487. The van der Waals surface area contributed by atoms with E-state index in [4.69, 9.17) is 8.83 Å². The number of fused-ring (bicyclic) bond motifs is 6. The SMILES string of the molecule is Cc1ccc([Si](c2ccc(C)cc2)(c2ccc(C)cc2)c2ccc(-c3cc(F)ccc3N(c3cc(C(C)C)c4ccc5c(N(c6ccc(F)cc6-c6ccc([Si](c7ccc(C)cc7)(c7ccc(C)cc7)c7ccc(C)cc7)cc6)c6cccc7c6oc6ccccc67)cc(C(C)C)c6ccc3c4c65)c3cccc4c3oc3ccccc34)cc2)cc1. The number of para-hydroxylation sites is 4. The predicted octanol–water partition coefficient (Wildman–Crippen LogP) is 25.8. The lowest BCUT2D eigenvalue weighted by Gasteiger charge is -2.35. The summed E-state index contributed by atoms with van der Waals surface area (Å²) in [5, 5.41) is 20.5. The zero-order valence-corrected chi connectivity index (χ0v) is 71.1. The molecule has 0 radical (unpaired) electrons. The van der Waals surface area contributed by atoms with E-state index >= 15 is 8.78 Å². The van der Waals surface area contributed by atoms with Crippen molar-refractivity contribution in [3.8, 4) is 22.3 Å². The van der Waals surface area contributed by atoms with E-state index in [2.05, 4.69) is 370 Å². The van der Waals surface area contributed by atoms with Crippen LogP contribution >= 0.6 is 0 Å². The minimum Gasteiger partial charge on any atom is -0.454 e. The molecule has 20 rings (SSSR count). The summed E-state index contributed by atoms with van der Waals surface area (Å²) in [6.45, 7) is 22.1. The molecule has 0 saturated heterocycles. The van der Waals surface area contributed by atoms with Crippen LogP contribution in [0.2, 0.25) is 0 Å². The molecule has 0 aliphatic rings. The van der Waals surface area contributed by atoms with Gasteiger partial charge in [-0.2, -0.15) is 0 Å². The van der Waals surface area contributed by atoms with Gasteiger partial charge >= 0.3 is 0 Å². The maximum Gasteiger partial charge on any atom is 0.179 e. The van der Waals surface area contributed by atoms with E-state index in [0.29, 0.717) is 11.2 Å². The Morgan fingerprint density at radius 1 is 0.242 bits per heavy atom. The number of hydrogen-bond acceptors (Lipinski definition) is 4. The molecule has 20 aromatic rings. The van der Waals surface area contributed by atoms with Gasteiger partial charge in [0.15, 0.2) is 27.3 Å². The highest BCUT2D eigenvalue weighted by Crippen LogP contribution is 2.55. The first kappa shape index (κ1) is 75.3. The summed E-state index contributed by atoms with van der Waals surface area (Å²) in [5.74, 6) is -0.654. The van der Waals surface area contributed by atoms with E-state index in [1.54, 1.807) is 24.3 Å². The van der Waals surface area contributed by atoms with Gasteiger partial charge in [0.25, 0.3) is 0 Å². The number of benzene rings is 18. The molecular weight excluding hydrogens is 1500 g/mol. The van der Waals surface area contributed by atoms with Gasteiger partial charge < -0.3 is 18.6 Å². The van der Waals surface area contributed by atoms with Crippen molar-refractivity contribution < 1.29 is 17.6 Å². The van der Waals surface area contributed by atoms with Crippen LogP contribution in [0.1, 0.15) is 84.0 Å². The van der Waals surface area contributed by atoms with Crippen LogP contribution in [0.5, 0.6) is 0 Å². The van der Waals surface area contributed by atoms with E-state index in [9.17, 15) is 0 Å². The third-order valence-corrected chi connectivity index (χ3v) is 35.1. The van der Waals surface area contributed by atoms with Crippen LogP contribution in [0, 0.1) is 53.2 Å². The first-order chi connectivity index (χ1) is 58.4. The monoisotopic (exact) mass is 1590 g/mol. The molecule has 2 heterocycles. The van der Waals surface area contributed by atoms with Crippen molar-refractivity contribution in [2.75, 3.05) is 9.80 Å². The zero-order chi connectivity index (χ0) is 82.0. The molecule has 582 valence electrons. The number of hydrogen-bond donors (Lipinski definition) is 0. The normalized spacial score (nSPS) is 12.2. The van der Waals surface area contributed by atoms with Gasteiger partial charge in [-0.05, 0) is 211 Å². The van der Waals surface area contributed by atoms with Gasteiger partial charge in [-0.1, -0.05) is 340 Å². The molecule has 0 aliphatic heterocycles. The van der Waals surface area contributed by atoms with Crippen LogP contribution in [0.4, 0.5) is 42.9 Å². The Morgan fingerprint density at radius 2 is 0.517 bits per heavy atom. The minimum absolute atomic E-state index is 0.0234. The highest BCUT2D eigenvalue weighted by Gasteiger charge is 2.44. The van der Waals surface area contributed by atoms with Crippen LogP contribution in [0.25, 0.3) is 98.4 Å². The van der Waals surface area contributed by atoms with Crippen LogP contribution in [-0.2, 0) is 0 Å². The molecule has 0 unspecified atom stereocenters. The molecule has 0 aliphatic carbocycles. The summed E-state index contributed by atoms with van der Waals surface area (Å²) in [4.78, 5) is 4.72. The van der Waals surface area contributed by atoms with Crippen molar-refractivity contribution in [1.29, 1.82) is 0 Å². The molecule has 0 fully saturated rings. The molecule has 8 heteroatoms. The van der Waals surface area contributed by atoms with Crippen molar-refractivity contribution in [3.05, 3.63) is 408 Å². The first-order valence-corrected chi connectivity index (χ1v) is 45.8. The van der Waals surface area contributed by atoms with Crippen LogP contribution in [0.3, 0.4) is 0 Å². The van der Waals surface area contributed by atoms with Gasteiger partial charge in [-0.3, -0.25) is 0 Å². The second kappa shape index (κ2) is 29.8. The Kier molecular flexibility index (Phi) is 18.7. The van der Waals surface area contributed by atoms with E-state index in [-0.39, 0.29) is 23.5 Å². The second-order valence-electron chi connectivity index (χ2n) is 33.7. The lowest BCUT2D eigenvalue weighted by molar-refractivity contribution is 0.628. The Labute approximate surface area is 701 Å². The van der Waals surface area contributed by atoms with E-state index < -0.39 is 16.1 Å². The van der Waals surface area contributed by atoms with Crippen molar-refractivity contribution in [2.24, 2.45) is 0 Å². The van der Waals surface area contributed by atoms with Crippen molar-refractivity contribution in [2.45, 2.75) is 81.1 Å². The number of furan rings is 2. The summed E-state index contributed by atoms with van der Waals surface area (Å²) in [5.41, 5.74) is 20.6. The number of rotatable bonds is 18. The summed E-state index contributed by atoms with van der Waals surface area (Å²) >= 11 is 0. The van der Waals surface area contributed by atoms with Gasteiger partial charge in [-0.25, -0.2) is 8.78 Å². The van der Waals surface area contributed by atoms with Gasteiger partial charge in [-0.15, -0.1) is 0 Å². The highest BCUT2D eigenvalue weighted by atomic mass is 28.3. The fraction of sp³-hybridized carbons (Fsp3) is 0.107. The highest BCUT2D eigenvalue weighted by molar-refractivity contribution is 7.20. The molecule has 120 heavy (non-hydrogen) atoms. The van der Waals surface area contributed by atoms with Gasteiger partial charge in [0, 0.05) is 43.4 Å². The molecule has 0 N–H and O–H groups in total. The van der Waals surface area contributed by atoms with Crippen molar-refractivity contribution >= 4 is 168 Å². The molecule has 0 saturated carbocycles. The van der Waals surface area contributed by atoms with Crippen molar-refractivity contribution in [3.63, 3.8) is 0 Å². The fourth-order valence-corrected chi connectivity index (χ4v) is 28.8. The third-order valence-electron chi connectivity index (χ3n) is 25.5. The predicted molar refractivity (Wildman–Crippen MR) is 509 cm³/mol. The molecule has 0 bridgehead atoms. The number of halogens is 2. The Bertz CT molecular complexity index is 6670. The van der Waals surface area contributed by atoms with Crippen LogP contribution in [-0.4, -0.2) is 16.1 Å². The molecule has 4 nitrogen and oxygen atoms in total. The van der Waals surface area contributed by atoms with Crippen LogP contribution < -0.4 is 51.3 Å². The fourth-order valence-electron chi connectivity index (χ4n) is 19.4. The second-order valence-corrected chi connectivity index (χ2v) is 41.3. The summed E-state index contributed by atoms with van der Waals surface area (Å²) < 4.78 is 48.7. The van der Waals surface area contributed by atoms with E-state index in [0.717, 1.165) is 133 Å². The van der Waals surface area contributed by atoms with Crippen molar-refractivity contribution in [1.82, 2.24) is 0 Å². The number of anilines is 6. The van der Waals surface area contributed by atoms with Crippen LogP contribution in [0.15, 0.2) is 361 Å². The maximum atomic E-state index is 17.2. The molecule has 0 spiro atoms. The maximum absolute atomic E-state index is 17.2. The van der Waals surface area contributed by atoms with E-state index in [1.807, 2.05) is 36.4 Å². The largest absolute Gasteiger partial charge is 0.454 e. The molecular formula is C112H90F2N2O2Si2. The Morgan fingerprint density at radius 3 is 0.817 bits per heavy atom. The van der Waals surface area contributed by atoms with Gasteiger partial charge in [0.2, 0.25) is 0 Å². The molecule has 0 amide bonds. The van der Waals surface area contributed by atoms with Gasteiger partial charge in [0.05, 0.1) is 34.1 Å². The Balaban J connectivity index is 0.833. The smallest absolute Gasteiger partial charge is 0.179 e. The lowest BCUT2D eigenvalue weighted by atomic mass is 9.83. The lowest BCUT2D eigenvalue weighted by Crippen LogP contribution is -2.74. The zero-order valence-electron chi connectivity index (χ0n) is 69.1. The summed E-state index contributed by atoms with van der Waals surface area (Å²) in [6, 6.07) is 127. The van der Waals surface area contributed by atoms with Gasteiger partial charge in [0.1, 0.15) is 22.8 Å². The topological polar surface area (TPSA) is 32.8 Å². The molecule has 2 aromatic heterocycles. The standard InChI is InChI=1S/C112H90F2N2O2Si2/c1-69(2)97-67-105(115(103-21-15-19-93-89-17-11-13-23-107(89)117-111(93)103)101-63-41-79(113)65-99(101)77-37-55-87(56-38-77)119(81-43-25-71(5)26-44-81,82-45-27-72(6)28-46-82)83-47-29-73(7)30-48-83)95-62-60-92-98(70(3)4)68-106(96-61-59-91(97)109(95)110(92)96)116(104-22-16-20-94-90-18-12-14-24-108(90)118-112(94)104)102-64-42-80(114)66-100(102)78-39-57-88(58-40-78)120(84-49-31-74(8)32-50-84,85-51-33-75(9)34-52-85)86-53-35-76(10)36-54-86/h11-70H,1-10H3. The van der Waals surface area contributed by atoms with E-state index in [1.165, 1.54) is 74.9 Å². The summed E-state index contributed by atoms with van der Waals surface area (Å²) in [6.07, 6.45) is 0. The number of nitrogens with zero attached hydrogens (tertiary/aromatic N) is 2. The summed E-state index contributed by atoms with van der Waals surface area (Å²) in [7, 11) is -6.07. The molecule has 0 atom stereocenters.